The number of likely N-dealkylation sites (N-methyl/N-ethyl adjacent to an activating group) is 1. The van der Waals surface area contributed by atoms with Crippen LogP contribution in [0.4, 0.5) is 11.5 Å². The molecule has 98 valence electrons. The Kier molecular flexibility index (Phi) is 3.08. The zero-order chi connectivity index (χ0) is 13.6. The molecule has 4 nitrogen and oxygen atoms in total. The van der Waals surface area contributed by atoms with E-state index in [0.717, 1.165) is 27.8 Å². The minimum Gasteiger partial charge on any atom is -0.383 e. The SMILES string of the molecule is Cc1nc(-c2ccc3c(c2)CCN3C)nc(N)c1I. The maximum absolute atomic E-state index is 5.93. The van der Waals surface area contributed by atoms with E-state index in [1.54, 1.807) is 0 Å². The van der Waals surface area contributed by atoms with Crippen molar-refractivity contribution in [2.45, 2.75) is 13.3 Å². The highest BCUT2D eigenvalue weighted by Gasteiger charge is 2.17. The summed E-state index contributed by atoms with van der Waals surface area (Å²) in [6.45, 7) is 3.04. The van der Waals surface area contributed by atoms with Crippen molar-refractivity contribution in [2.75, 3.05) is 24.2 Å². The summed E-state index contributed by atoms with van der Waals surface area (Å²) in [5.74, 6) is 1.27. The lowest BCUT2D eigenvalue weighted by Gasteiger charge is -2.12. The van der Waals surface area contributed by atoms with Gasteiger partial charge in [0.2, 0.25) is 0 Å². The zero-order valence-electron chi connectivity index (χ0n) is 10.9. The third kappa shape index (κ3) is 2.16. The quantitative estimate of drug-likeness (QED) is 0.789. The van der Waals surface area contributed by atoms with Crippen LogP contribution in [-0.2, 0) is 6.42 Å². The first kappa shape index (κ1) is 12.7. The molecule has 1 aliphatic rings. The summed E-state index contributed by atoms with van der Waals surface area (Å²) in [6.07, 6.45) is 1.08. The van der Waals surface area contributed by atoms with Crippen LogP contribution in [0, 0.1) is 10.5 Å². The van der Waals surface area contributed by atoms with Crippen LogP contribution in [0.2, 0.25) is 0 Å². The summed E-state index contributed by atoms with van der Waals surface area (Å²) in [5.41, 5.74) is 10.6. The van der Waals surface area contributed by atoms with Crippen molar-refractivity contribution in [3.63, 3.8) is 0 Å². The van der Waals surface area contributed by atoms with Gasteiger partial charge in [0, 0.05) is 24.8 Å². The van der Waals surface area contributed by atoms with Crippen molar-refractivity contribution < 1.29 is 0 Å². The van der Waals surface area contributed by atoms with Crippen molar-refractivity contribution in [1.29, 1.82) is 0 Å². The molecule has 1 aliphatic heterocycles. The molecule has 0 aliphatic carbocycles. The molecule has 5 heteroatoms. The minimum atomic E-state index is 0.556. The van der Waals surface area contributed by atoms with E-state index in [2.05, 4.69) is 62.7 Å². The molecule has 1 aromatic carbocycles. The molecular formula is C14H15IN4. The molecule has 0 amide bonds. The summed E-state index contributed by atoms with van der Waals surface area (Å²) in [5, 5.41) is 0. The van der Waals surface area contributed by atoms with E-state index in [1.807, 2.05) is 6.92 Å². The second kappa shape index (κ2) is 4.63. The van der Waals surface area contributed by atoms with Gasteiger partial charge in [-0.3, -0.25) is 0 Å². The predicted molar refractivity (Wildman–Crippen MR) is 86.3 cm³/mol. The minimum absolute atomic E-state index is 0.556. The number of nitrogens with zero attached hydrogens (tertiary/aromatic N) is 3. The van der Waals surface area contributed by atoms with E-state index in [9.17, 15) is 0 Å². The van der Waals surface area contributed by atoms with Crippen molar-refractivity contribution in [3.05, 3.63) is 33.0 Å². The van der Waals surface area contributed by atoms with E-state index >= 15 is 0 Å². The van der Waals surface area contributed by atoms with Crippen LogP contribution in [0.25, 0.3) is 11.4 Å². The summed E-state index contributed by atoms with van der Waals surface area (Å²) < 4.78 is 0.933. The van der Waals surface area contributed by atoms with Gasteiger partial charge in [0.15, 0.2) is 5.82 Å². The van der Waals surface area contributed by atoms with Gasteiger partial charge in [-0.1, -0.05) is 0 Å². The van der Waals surface area contributed by atoms with E-state index in [4.69, 9.17) is 5.73 Å². The molecule has 0 saturated carbocycles. The topological polar surface area (TPSA) is 55.0 Å². The largest absolute Gasteiger partial charge is 0.383 e. The van der Waals surface area contributed by atoms with Crippen molar-refractivity contribution in [3.8, 4) is 11.4 Å². The van der Waals surface area contributed by atoms with Crippen LogP contribution < -0.4 is 10.6 Å². The number of hydrogen-bond donors (Lipinski definition) is 1. The molecule has 1 aromatic heterocycles. The normalized spacial score (nSPS) is 13.7. The first-order valence-electron chi connectivity index (χ1n) is 6.20. The smallest absolute Gasteiger partial charge is 0.161 e. The lowest BCUT2D eigenvalue weighted by Crippen LogP contribution is -2.12. The number of aryl methyl sites for hydroxylation is 1. The van der Waals surface area contributed by atoms with Crippen LogP contribution in [0.3, 0.4) is 0 Å². The second-order valence-corrected chi connectivity index (χ2v) is 5.93. The van der Waals surface area contributed by atoms with E-state index in [0.29, 0.717) is 11.6 Å². The third-order valence-corrected chi connectivity index (χ3v) is 4.84. The Morgan fingerprint density at radius 3 is 2.84 bits per heavy atom. The number of nitrogens with two attached hydrogens (primary N) is 1. The van der Waals surface area contributed by atoms with E-state index in [1.165, 1.54) is 11.3 Å². The van der Waals surface area contributed by atoms with Crippen molar-refractivity contribution in [1.82, 2.24) is 9.97 Å². The maximum Gasteiger partial charge on any atom is 0.161 e. The summed E-state index contributed by atoms with van der Waals surface area (Å²) >= 11 is 2.18. The number of hydrogen-bond acceptors (Lipinski definition) is 4. The molecule has 0 saturated heterocycles. The van der Waals surface area contributed by atoms with Crippen molar-refractivity contribution in [2.24, 2.45) is 0 Å². The number of benzene rings is 1. The third-order valence-electron chi connectivity index (χ3n) is 3.51. The highest BCUT2D eigenvalue weighted by atomic mass is 127. The van der Waals surface area contributed by atoms with Gasteiger partial charge in [0.1, 0.15) is 5.82 Å². The zero-order valence-corrected chi connectivity index (χ0v) is 13.1. The number of anilines is 2. The Morgan fingerprint density at radius 2 is 2.11 bits per heavy atom. The Bertz CT molecular complexity index is 631. The van der Waals surface area contributed by atoms with Gasteiger partial charge in [-0.25, -0.2) is 9.97 Å². The maximum atomic E-state index is 5.93. The lowest BCUT2D eigenvalue weighted by molar-refractivity contribution is 0.956. The Morgan fingerprint density at radius 1 is 1.32 bits per heavy atom. The first-order valence-corrected chi connectivity index (χ1v) is 7.28. The molecule has 0 fully saturated rings. The number of halogens is 1. The molecule has 2 heterocycles. The van der Waals surface area contributed by atoms with Gasteiger partial charge < -0.3 is 10.6 Å². The second-order valence-electron chi connectivity index (χ2n) is 4.85. The first-order chi connectivity index (χ1) is 9.06. The number of fused-ring (bicyclic) bond motifs is 1. The average Bonchev–Trinajstić information content (AvgIpc) is 2.76. The van der Waals surface area contributed by atoms with Crippen LogP contribution in [0.1, 0.15) is 11.3 Å². The van der Waals surface area contributed by atoms with Crippen LogP contribution in [-0.4, -0.2) is 23.6 Å². The standard InChI is InChI=1S/C14H15IN4/c1-8-12(15)13(16)18-14(17-8)10-3-4-11-9(7-10)5-6-19(11)2/h3-4,7H,5-6H2,1-2H3,(H2,16,17,18). The van der Waals surface area contributed by atoms with Crippen LogP contribution in [0.15, 0.2) is 18.2 Å². The predicted octanol–water partition coefficient (Wildman–Crippen LogP) is 2.63. The lowest BCUT2D eigenvalue weighted by atomic mass is 10.1. The summed E-state index contributed by atoms with van der Waals surface area (Å²) in [4.78, 5) is 11.2. The van der Waals surface area contributed by atoms with Gasteiger partial charge in [0.25, 0.3) is 0 Å². The van der Waals surface area contributed by atoms with Gasteiger partial charge in [-0.15, -0.1) is 0 Å². The Labute approximate surface area is 126 Å². The van der Waals surface area contributed by atoms with Crippen LogP contribution in [0.5, 0.6) is 0 Å². The molecule has 0 spiro atoms. The fourth-order valence-corrected chi connectivity index (χ4v) is 2.66. The Hall–Kier alpha value is -1.37. The number of nitrogen functional groups attached to an aromatic ring is 1. The number of aromatic nitrogens is 2. The van der Waals surface area contributed by atoms with Gasteiger partial charge >= 0.3 is 0 Å². The molecule has 0 atom stereocenters. The van der Waals surface area contributed by atoms with E-state index < -0.39 is 0 Å². The number of rotatable bonds is 1. The molecule has 3 rings (SSSR count). The molecule has 2 N–H and O–H groups in total. The van der Waals surface area contributed by atoms with Gasteiger partial charge in [-0.05, 0) is 59.7 Å². The fraction of sp³-hybridized carbons (Fsp3) is 0.286. The summed E-state index contributed by atoms with van der Waals surface area (Å²) in [7, 11) is 2.12. The van der Waals surface area contributed by atoms with Crippen molar-refractivity contribution >= 4 is 34.1 Å². The van der Waals surface area contributed by atoms with Gasteiger partial charge in [0.05, 0.1) is 9.26 Å². The molecule has 19 heavy (non-hydrogen) atoms. The van der Waals surface area contributed by atoms with E-state index in [-0.39, 0.29) is 0 Å². The van der Waals surface area contributed by atoms with Gasteiger partial charge in [-0.2, -0.15) is 0 Å². The highest BCUT2D eigenvalue weighted by Crippen LogP contribution is 2.31. The Balaban J connectivity index is 2.08. The molecular weight excluding hydrogens is 351 g/mol. The van der Waals surface area contributed by atoms with Crippen LogP contribution >= 0.6 is 22.6 Å². The highest BCUT2D eigenvalue weighted by molar-refractivity contribution is 14.1. The summed E-state index contributed by atoms with van der Waals surface area (Å²) in [6, 6.07) is 6.40. The molecule has 0 unspecified atom stereocenters. The average molecular weight is 366 g/mol. The fourth-order valence-electron chi connectivity index (χ4n) is 2.42. The molecule has 0 bridgehead atoms. The molecule has 2 aromatic rings. The monoisotopic (exact) mass is 366 g/mol. The molecule has 0 radical (unpaired) electrons.